The Morgan fingerprint density at radius 1 is 0.822 bits per heavy atom. The monoisotopic (exact) mass is 638 g/mol. The van der Waals surface area contributed by atoms with Gasteiger partial charge in [-0.3, -0.25) is 4.79 Å². The molecule has 0 spiro atoms. The summed E-state index contributed by atoms with van der Waals surface area (Å²) in [4.78, 5) is 25.0. The summed E-state index contributed by atoms with van der Waals surface area (Å²) < 4.78 is 32.8. The quantitative estimate of drug-likeness (QED) is 0.125. The highest BCUT2D eigenvalue weighted by molar-refractivity contribution is 5.88. The summed E-state index contributed by atoms with van der Waals surface area (Å²) in [6, 6.07) is 8.11. The molecule has 2 aliphatic heterocycles. The molecule has 17 nitrogen and oxygen atoms in total. The van der Waals surface area contributed by atoms with Crippen LogP contribution in [0.2, 0.25) is 0 Å². The number of rotatable bonds is 8. The van der Waals surface area contributed by atoms with E-state index in [2.05, 4.69) is 0 Å². The third kappa shape index (κ3) is 6.00. The Labute approximate surface area is 252 Å². The molecular weight excluding hydrogens is 608 g/mol. The van der Waals surface area contributed by atoms with Gasteiger partial charge < -0.3 is 74.1 Å². The van der Waals surface area contributed by atoms with Crippen LogP contribution in [0.4, 0.5) is 0 Å². The van der Waals surface area contributed by atoms with E-state index in [1.165, 1.54) is 31.4 Å². The fraction of sp³-hybridized carbons (Fsp3) is 0.429. The predicted molar refractivity (Wildman–Crippen MR) is 145 cm³/mol. The second kappa shape index (κ2) is 12.8. The highest BCUT2D eigenvalue weighted by atomic mass is 16.7. The van der Waals surface area contributed by atoms with Crippen molar-refractivity contribution in [2.45, 2.75) is 61.4 Å². The summed E-state index contributed by atoms with van der Waals surface area (Å²) in [6.07, 6.45) is -18.6. The second-order valence-corrected chi connectivity index (χ2v) is 10.3. The zero-order chi connectivity index (χ0) is 32.7. The molecule has 2 aliphatic rings. The van der Waals surface area contributed by atoms with Crippen LogP contribution in [0.25, 0.3) is 22.3 Å². The summed E-state index contributed by atoms with van der Waals surface area (Å²) in [6.45, 7) is -0.793. The second-order valence-electron chi connectivity index (χ2n) is 10.3. The molecule has 10 atom stereocenters. The van der Waals surface area contributed by atoms with Crippen molar-refractivity contribution < 1.29 is 78.9 Å². The van der Waals surface area contributed by atoms with E-state index in [0.717, 1.165) is 12.1 Å². The van der Waals surface area contributed by atoms with Crippen molar-refractivity contribution in [3.8, 4) is 34.3 Å². The third-order valence-electron chi connectivity index (χ3n) is 7.42. The molecule has 2 saturated heterocycles. The minimum atomic E-state index is -2.01. The largest absolute Gasteiger partial charge is 0.502 e. The van der Waals surface area contributed by atoms with E-state index in [0.29, 0.717) is 5.75 Å². The number of aliphatic hydroxyl groups is 7. The zero-order valence-corrected chi connectivity index (χ0v) is 23.2. The van der Waals surface area contributed by atoms with Gasteiger partial charge in [-0.05, 0) is 24.3 Å². The lowest BCUT2D eigenvalue weighted by molar-refractivity contribution is -0.277. The Balaban J connectivity index is 1.62. The highest BCUT2D eigenvalue weighted by Crippen LogP contribution is 2.38. The third-order valence-corrected chi connectivity index (χ3v) is 7.42. The highest BCUT2D eigenvalue weighted by Gasteiger charge is 2.48. The SMILES string of the molecule is COc1ccc(-c2oc3cc(O[C@@H]4O[C@H](C(=O)O)[C@@H](O)[C@H](O)[C@H]4O)cc(O[C@@H]4O[C@H](CO)[C@@H](O)[C@H](O)[C@H]4O)c3c(=O)c2O)cc1. The lowest BCUT2D eigenvalue weighted by Gasteiger charge is -2.39. The zero-order valence-electron chi connectivity index (χ0n) is 23.2. The molecule has 9 N–H and O–H groups in total. The van der Waals surface area contributed by atoms with Gasteiger partial charge in [0, 0.05) is 17.7 Å². The molecule has 5 rings (SSSR count). The van der Waals surface area contributed by atoms with E-state index in [-0.39, 0.29) is 22.7 Å². The number of carboxylic acid groups (broad SMARTS) is 1. The van der Waals surface area contributed by atoms with Crippen LogP contribution in [0, 0.1) is 0 Å². The average molecular weight is 639 g/mol. The molecule has 244 valence electrons. The Kier molecular flexibility index (Phi) is 9.17. The van der Waals surface area contributed by atoms with Gasteiger partial charge in [-0.25, -0.2) is 4.79 Å². The van der Waals surface area contributed by atoms with Gasteiger partial charge in [0.05, 0.1) is 13.7 Å². The Hall–Kier alpha value is -4.04. The Morgan fingerprint density at radius 2 is 1.44 bits per heavy atom. The standard InChI is InChI=1S/C28H30O17/c1-40-10-4-2-9(3-5-10)24-20(34)17(31)15-12(42-24)6-11(41-27-23(37)19(33)21(35)25(45-27)26(38)39)7-13(15)43-28-22(36)18(32)16(30)14(8-29)44-28/h2-7,14,16,18-19,21-23,25,27-30,32-37H,8H2,1H3,(H,38,39)/t14-,16-,18+,19+,21+,22-,23-,25+,27-,28-/m1/s1. The summed E-state index contributed by atoms with van der Waals surface area (Å²) in [5, 5.41) is 90.8. The number of methoxy groups -OCH3 is 1. The number of aliphatic hydroxyl groups excluding tert-OH is 7. The van der Waals surface area contributed by atoms with Crippen LogP contribution in [0.5, 0.6) is 23.0 Å². The van der Waals surface area contributed by atoms with Gasteiger partial charge in [0.25, 0.3) is 0 Å². The summed E-state index contributed by atoms with van der Waals surface area (Å²) in [5.74, 6) is -3.20. The van der Waals surface area contributed by atoms with Crippen molar-refractivity contribution >= 4 is 16.9 Å². The maximum Gasteiger partial charge on any atom is 0.335 e. The van der Waals surface area contributed by atoms with Gasteiger partial charge in [-0.2, -0.15) is 0 Å². The number of carbonyl (C=O) groups is 1. The van der Waals surface area contributed by atoms with Crippen LogP contribution in [0.1, 0.15) is 0 Å². The van der Waals surface area contributed by atoms with E-state index < -0.39 is 96.3 Å². The first-order chi connectivity index (χ1) is 21.4. The first kappa shape index (κ1) is 32.4. The molecule has 3 heterocycles. The number of fused-ring (bicyclic) bond motifs is 1. The van der Waals surface area contributed by atoms with Crippen molar-refractivity contribution in [1.82, 2.24) is 0 Å². The van der Waals surface area contributed by atoms with Crippen molar-refractivity contribution in [3.63, 3.8) is 0 Å². The lowest BCUT2D eigenvalue weighted by Crippen LogP contribution is -2.61. The van der Waals surface area contributed by atoms with Crippen molar-refractivity contribution in [2.75, 3.05) is 13.7 Å². The van der Waals surface area contributed by atoms with E-state index in [9.17, 15) is 55.5 Å². The molecule has 0 unspecified atom stereocenters. The maximum atomic E-state index is 13.5. The molecule has 0 saturated carbocycles. The summed E-state index contributed by atoms with van der Waals surface area (Å²) in [5.41, 5.74) is -1.12. The van der Waals surface area contributed by atoms with Crippen molar-refractivity contribution in [3.05, 3.63) is 46.6 Å². The van der Waals surface area contributed by atoms with Crippen LogP contribution >= 0.6 is 0 Å². The van der Waals surface area contributed by atoms with Gasteiger partial charge in [0.15, 0.2) is 11.9 Å². The molecule has 1 aromatic heterocycles. The molecule has 45 heavy (non-hydrogen) atoms. The molecule has 0 bridgehead atoms. The number of ether oxygens (including phenoxy) is 5. The van der Waals surface area contributed by atoms with Gasteiger partial charge >= 0.3 is 5.97 Å². The number of carboxylic acids is 1. The van der Waals surface area contributed by atoms with Gasteiger partial charge in [0.1, 0.15) is 70.9 Å². The predicted octanol–water partition coefficient (Wildman–Crippen LogP) is -2.38. The Bertz CT molecular complexity index is 1590. The first-order valence-electron chi connectivity index (χ1n) is 13.4. The van der Waals surface area contributed by atoms with E-state index in [1.807, 2.05) is 0 Å². The van der Waals surface area contributed by atoms with Crippen LogP contribution in [-0.4, -0.2) is 127 Å². The molecule has 3 aromatic rings. The smallest absolute Gasteiger partial charge is 0.335 e. The van der Waals surface area contributed by atoms with Crippen LogP contribution in [-0.2, 0) is 14.3 Å². The fourth-order valence-corrected chi connectivity index (χ4v) is 4.92. The molecular formula is C28H30O17. The summed E-state index contributed by atoms with van der Waals surface area (Å²) >= 11 is 0. The number of hydrogen-bond donors (Lipinski definition) is 9. The molecule has 0 aliphatic carbocycles. The molecule has 2 fully saturated rings. The van der Waals surface area contributed by atoms with Crippen LogP contribution < -0.4 is 19.6 Å². The summed E-state index contributed by atoms with van der Waals surface area (Å²) in [7, 11) is 1.44. The minimum absolute atomic E-state index is 0.238. The van der Waals surface area contributed by atoms with Crippen LogP contribution in [0.15, 0.2) is 45.6 Å². The average Bonchev–Trinajstić information content (AvgIpc) is 3.02. The number of aromatic hydroxyl groups is 1. The number of benzene rings is 2. The number of aliphatic carboxylic acids is 1. The molecule has 17 heteroatoms. The lowest BCUT2D eigenvalue weighted by atomic mass is 9.99. The molecule has 0 amide bonds. The topological polar surface area (TPSA) is 275 Å². The first-order valence-corrected chi connectivity index (χ1v) is 13.4. The molecule has 2 aromatic carbocycles. The van der Waals surface area contributed by atoms with E-state index in [1.54, 1.807) is 0 Å². The van der Waals surface area contributed by atoms with E-state index in [4.69, 9.17) is 28.1 Å². The fourth-order valence-electron chi connectivity index (χ4n) is 4.92. The maximum absolute atomic E-state index is 13.5. The number of hydrogen-bond acceptors (Lipinski definition) is 16. The molecule has 0 radical (unpaired) electrons. The van der Waals surface area contributed by atoms with Gasteiger partial charge in [0.2, 0.25) is 23.8 Å². The minimum Gasteiger partial charge on any atom is -0.502 e. The van der Waals surface area contributed by atoms with Crippen LogP contribution in [0.3, 0.4) is 0 Å². The van der Waals surface area contributed by atoms with Gasteiger partial charge in [-0.1, -0.05) is 0 Å². The Morgan fingerprint density at radius 3 is 2.04 bits per heavy atom. The van der Waals surface area contributed by atoms with Gasteiger partial charge in [-0.15, -0.1) is 0 Å². The normalized spacial score (nSPS) is 31.8. The van der Waals surface area contributed by atoms with E-state index >= 15 is 0 Å². The van der Waals surface area contributed by atoms with Crippen molar-refractivity contribution in [2.24, 2.45) is 0 Å². The van der Waals surface area contributed by atoms with Crippen molar-refractivity contribution in [1.29, 1.82) is 0 Å².